The fourth-order valence-electron chi connectivity index (χ4n) is 4.68. The monoisotopic (exact) mass is 297 g/mol. The zero-order valence-corrected chi connectivity index (χ0v) is 14.1. The summed E-state index contributed by atoms with van der Waals surface area (Å²) in [7, 11) is 0. The minimum atomic E-state index is 0.110. The molecule has 1 aromatic rings. The quantitative estimate of drug-likeness (QED) is 0.845. The molecule has 118 valence electrons. The summed E-state index contributed by atoms with van der Waals surface area (Å²) in [5.74, 6) is 1.66. The van der Waals surface area contributed by atoms with Gasteiger partial charge in [0.05, 0.1) is 6.04 Å². The average Bonchev–Trinajstić information content (AvgIpc) is 3.33. The van der Waals surface area contributed by atoms with Crippen LogP contribution in [0, 0.1) is 11.8 Å². The molecule has 1 aliphatic heterocycles. The molecule has 2 heteroatoms. The summed E-state index contributed by atoms with van der Waals surface area (Å²) in [4.78, 5) is 15.7. The molecule has 1 saturated heterocycles. The van der Waals surface area contributed by atoms with E-state index < -0.39 is 0 Å². The van der Waals surface area contributed by atoms with Crippen molar-refractivity contribution in [1.82, 2.24) is 4.90 Å². The summed E-state index contributed by atoms with van der Waals surface area (Å²) in [6.07, 6.45) is 4.95. The number of Topliss-reactive ketones (excluding diaryl/α,β-unsaturated/α-hetero) is 1. The molecule has 0 aromatic heterocycles. The van der Waals surface area contributed by atoms with Crippen molar-refractivity contribution in [2.24, 2.45) is 11.8 Å². The smallest absolute Gasteiger partial charge is 0.180 e. The molecule has 2 bridgehead atoms. The molecule has 0 amide bonds. The number of piperidine rings is 1. The summed E-state index contributed by atoms with van der Waals surface area (Å²) in [5.41, 5.74) is 3.85. The lowest BCUT2D eigenvalue weighted by Crippen LogP contribution is -2.61. The number of benzene rings is 1. The Labute approximate surface area is 133 Å². The molecule has 1 saturated carbocycles. The number of hydrogen-bond donors (Lipinski definition) is 0. The first kappa shape index (κ1) is 14.4. The normalized spacial score (nSPS) is 34.6. The van der Waals surface area contributed by atoms with Crippen molar-refractivity contribution in [3.63, 3.8) is 0 Å². The van der Waals surface area contributed by atoms with Gasteiger partial charge >= 0.3 is 0 Å². The van der Waals surface area contributed by atoms with E-state index in [1.165, 1.54) is 30.4 Å². The van der Waals surface area contributed by atoms with Gasteiger partial charge in [0.2, 0.25) is 0 Å². The van der Waals surface area contributed by atoms with Gasteiger partial charge in [-0.05, 0) is 60.6 Å². The predicted octanol–water partition coefficient (Wildman–Crippen LogP) is 3.82. The van der Waals surface area contributed by atoms with Gasteiger partial charge in [-0.2, -0.15) is 0 Å². The molecule has 0 spiro atoms. The highest BCUT2D eigenvalue weighted by Gasteiger charge is 2.52. The zero-order chi connectivity index (χ0) is 15.5. The summed E-state index contributed by atoms with van der Waals surface area (Å²) >= 11 is 0. The molecule has 1 aromatic carbocycles. The molecular weight excluding hydrogens is 270 g/mol. The number of carbonyl (C=O) groups is 1. The molecule has 4 rings (SSSR count). The van der Waals surface area contributed by atoms with Crippen LogP contribution in [0.1, 0.15) is 61.5 Å². The van der Waals surface area contributed by atoms with E-state index in [1.807, 2.05) is 0 Å². The van der Waals surface area contributed by atoms with E-state index in [9.17, 15) is 4.79 Å². The van der Waals surface area contributed by atoms with Gasteiger partial charge in [0.15, 0.2) is 5.78 Å². The predicted molar refractivity (Wildman–Crippen MR) is 89.4 cm³/mol. The van der Waals surface area contributed by atoms with Crippen LogP contribution in [-0.4, -0.2) is 29.8 Å². The van der Waals surface area contributed by atoms with Gasteiger partial charge in [0.25, 0.3) is 0 Å². The molecule has 2 nitrogen and oxygen atoms in total. The van der Waals surface area contributed by atoms with Crippen molar-refractivity contribution in [3.8, 4) is 0 Å². The Balaban J connectivity index is 1.78. The lowest BCUT2D eigenvalue weighted by Gasteiger charge is -2.53. The highest BCUT2D eigenvalue weighted by Crippen LogP contribution is 2.49. The molecule has 3 aliphatic rings. The SMILES string of the molecule is CCc1ccc2c(c1)[C@@]1(C)CCN(CC3CC3)[C@H](C2=O)[C@@H]1C. The number of hydrogen-bond acceptors (Lipinski definition) is 2. The van der Waals surface area contributed by atoms with E-state index in [0.717, 1.165) is 31.0 Å². The zero-order valence-electron chi connectivity index (χ0n) is 14.1. The second-order valence-electron chi connectivity index (χ2n) is 7.94. The van der Waals surface area contributed by atoms with Crippen LogP contribution >= 0.6 is 0 Å². The third-order valence-corrected chi connectivity index (χ3v) is 6.62. The Bertz CT molecular complexity index is 618. The van der Waals surface area contributed by atoms with E-state index in [4.69, 9.17) is 0 Å². The van der Waals surface area contributed by atoms with Crippen LogP contribution in [0.2, 0.25) is 0 Å². The number of nitrogens with zero attached hydrogens (tertiary/aromatic N) is 1. The Morgan fingerprint density at radius 1 is 1.32 bits per heavy atom. The first-order valence-corrected chi connectivity index (χ1v) is 8.96. The van der Waals surface area contributed by atoms with Gasteiger partial charge in [-0.15, -0.1) is 0 Å². The molecule has 2 fully saturated rings. The van der Waals surface area contributed by atoms with Crippen molar-refractivity contribution in [3.05, 3.63) is 34.9 Å². The maximum absolute atomic E-state index is 13.2. The van der Waals surface area contributed by atoms with E-state index >= 15 is 0 Å². The molecule has 3 atom stereocenters. The number of likely N-dealkylation sites (tertiary alicyclic amines) is 1. The Morgan fingerprint density at radius 2 is 2.09 bits per heavy atom. The summed E-state index contributed by atoms with van der Waals surface area (Å²) < 4.78 is 0. The van der Waals surface area contributed by atoms with E-state index in [1.54, 1.807) is 0 Å². The number of rotatable bonds is 3. The third-order valence-electron chi connectivity index (χ3n) is 6.62. The Hall–Kier alpha value is -1.15. The maximum atomic E-state index is 13.2. The Morgan fingerprint density at radius 3 is 2.77 bits per heavy atom. The van der Waals surface area contributed by atoms with Gasteiger partial charge in [-0.1, -0.05) is 39.0 Å². The van der Waals surface area contributed by atoms with E-state index in [0.29, 0.717) is 11.7 Å². The van der Waals surface area contributed by atoms with Gasteiger partial charge in [0, 0.05) is 12.1 Å². The minimum Gasteiger partial charge on any atom is -0.293 e. The molecule has 2 aliphatic carbocycles. The van der Waals surface area contributed by atoms with Crippen molar-refractivity contribution in [2.45, 2.75) is 57.9 Å². The van der Waals surface area contributed by atoms with Crippen LogP contribution in [0.25, 0.3) is 0 Å². The lowest BCUT2D eigenvalue weighted by molar-refractivity contribution is 0.0266. The van der Waals surface area contributed by atoms with Gasteiger partial charge in [-0.25, -0.2) is 0 Å². The number of carbonyl (C=O) groups excluding carboxylic acids is 1. The highest BCUT2D eigenvalue weighted by atomic mass is 16.1. The van der Waals surface area contributed by atoms with E-state index in [2.05, 4.69) is 43.9 Å². The summed E-state index contributed by atoms with van der Waals surface area (Å²) in [6.45, 7) is 9.12. The average molecular weight is 297 g/mol. The molecule has 22 heavy (non-hydrogen) atoms. The van der Waals surface area contributed by atoms with Crippen molar-refractivity contribution in [1.29, 1.82) is 0 Å². The summed E-state index contributed by atoms with van der Waals surface area (Å²) in [5, 5.41) is 0. The van der Waals surface area contributed by atoms with Crippen LogP contribution in [-0.2, 0) is 11.8 Å². The second-order valence-corrected chi connectivity index (χ2v) is 7.94. The van der Waals surface area contributed by atoms with Crippen LogP contribution < -0.4 is 0 Å². The molecule has 0 N–H and O–H groups in total. The highest BCUT2D eigenvalue weighted by molar-refractivity contribution is 6.03. The van der Waals surface area contributed by atoms with Gasteiger partial charge in [0.1, 0.15) is 0 Å². The first-order valence-electron chi connectivity index (χ1n) is 8.96. The van der Waals surface area contributed by atoms with Crippen LogP contribution in [0.3, 0.4) is 0 Å². The topological polar surface area (TPSA) is 20.3 Å². The fourth-order valence-corrected chi connectivity index (χ4v) is 4.68. The van der Waals surface area contributed by atoms with Crippen molar-refractivity contribution < 1.29 is 4.79 Å². The van der Waals surface area contributed by atoms with Gasteiger partial charge < -0.3 is 0 Å². The first-order chi connectivity index (χ1) is 10.5. The lowest BCUT2D eigenvalue weighted by atomic mass is 9.58. The molecule has 0 unspecified atom stereocenters. The van der Waals surface area contributed by atoms with E-state index in [-0.39, 0.29) is 11.5 Å². The fraction of sp³-hybridized carbons (Fsp3) is 0.650. The van der Waals surface area contributed by atoms with Crippen LogP contribution in [0.5, 0.6) is 0 Å². The number of aryl methyl sites for hydroxylation is 1. The van der Waals surface area contributed by atoms with Crippen LogP contribution in [0.15, 0.2) is 18.2 Å². The number of ketones is 1. The molecule has 0 radical (unpaired) electrons. The molecular formula is C20H27NO. The van der Waals surface area contributed by atoms with Crippen molar-refractivity contribution in [2.75, 3.05) is 13.1 Å². The third kappa shape index (κ3) is 2.00. The van der Waals surface area contributed by atoms with Gasteiger partial charge in [-0.3, -0.25) is 9.69 Å². The Kier molecular flexibility index (Phi) is 3.23. The van der Waals surface area contributed by atoms with Crippen LogP contribution in [0.4, 0.5) is 0 Å². The number of fused-ring (bicyclic) bond motifs is 4. The largest absolute Gasteiger partial charge is 0.293 e. The van der Waals surface area contributed by atoms with Crippen molar-refractivity contribution >= 4 is 5.78 Å². The maximum Gasteiger partial charge on any atom is 0.180 e. The molecule has 1 heterocycles. The summed E-state index contributed by atoms with van der Waals surface area (Å²) in [6, 6.07) is 6.68. The second kappa shape index (κ2) is 4.92. The standard InChI is InChI=1S/C20H27NO/c1-4-14-7-8-16-17(11-14)20(3)9-10-21(12-15-5-6-15)18(13(20)2)19(16)22/h7-8,11,13,15,18H,4-6,9-10,12H2,1-3H3/t13-,18-,20-/m0/s1. The minimum absolute atomic E-state index is 0.110.